The van der Waals surface area contributed by atoms with E-state index in [1.807, 2.05) is 0 Å². The topological polar surface area (TPSA) is 47.6 Å². The van der Waals surface area contributed by atoms with Gasteiger partial charge in [0.2, 0.25) is 0 Å². The predicted octanol–water partition coefficient (Wildman–Crippen LogP) is 3.28. The quantitative estimate of drug-likeness (QED) is 0.819. The zero-order chi connectivity index (χ0) is 16.0. The van der Waals surface area contributed by atoms with Gasteiger partial charge in [0.15, 0.2) is 0 Å². The zero-order valence-electron chi connectivity index (χ0n) is 12.7. The van der Waals surface area contributed by atoms with Crippen LogP contribution in [0.25, 0.3) is 0 Å². The van der Waals surface area contributed by atoms with Crippen LogP contribution in [0.15, 0.2) is 24.3 Å². The van der Waals surface area contributed by atoms with Gasteiger partial charge in [0, 0.05) is 11.6 Å². The van der Waals surface area contributed by atoms with Crippen LogP contribution in [0.5, 0.6) is 5.75 Å². The number of carbonyl (C=O) groups excluding carboxylic acids is 1. The first-order valence-corrected chi connectivity index (χ1v) is 6.68. The van der Waals surface area contributed by atoms with Crippen molar-refractivity contribution in [3.8, 4) is 5.75 Å². The third-order valence-electron chi connectivity index (χ3n) is 2.57. The number of hydrogen-bond donors (Lipinski definition) is 1. The van der Waals surface area contributed by atoms with Crippen LogP contribution < -0.4 is 10.1 Å². The summed E-state index contributed by atoms with van der Waals surface area (Å²) in [5.41, 5.74) is -0.0000361. The molecule has 0 aliphatic rings. The molecule has 0 aliphatic carbocycles. The molecule has 0 aromatic heterocycles. The highest BCUT2D eigenvalue weighted by Crippen LogP contribution is 2.26. The minimum atomic E-state index is -2.88. The maximum Gasteiger partial charge on any atom is 0.387 e. The molecule has 0 amide bonds. The summed E-state index contributed by atoms with van der Waals surface area (Å²) in [6.45, 7) is 4.20. The van der Waals surface area contributed by atoms with Crippen LogP contribution in [-0.4, -0.2) is 24.7 Å². The second kappa shape index (κ2) is 7.36. The summed E-state index contributed by atoms with van der Waals surface area (Å²) >= 11 is 0. The summed E-state index contributed by atoms with van der Waals surface area (Å²) in [6.07, 6.45) is 0. The molecule has 0 fully saturated rings. The Morgan fingerprint density at radius 1 is 1.29 bits per heavy atom. The monoisotopic (exact) mass is 301 g/mol. The Kier molecular flexibility index (Phi) is 6.08. The summed E-state index contributed by atoms with van der Waals surface area (Å²) in [4.78, 5) is 11.6. The van der Waals surface area contributed by atoms with Gasteiger partial charge in [-0.2, -0.15) is 8.78 Å². The van der Waals surface area contributed by atoms with Crippen molar-refractivity contribution in [3.63, 3.8) is 0 Å². The molecule has 4 nitrogen and oxygen atoms in total. The molecule has 0 spiro atoms. The Morgan fingerprint density at radius 2 is 1.90 bits per heavy atom. The predicted molar refractivity (Wildman–Crippen MR) is 75.3 cm³/mol. The largest absolute Gasteiger partial charge is 0.459 e. The third-order valence-corrected chi connectivity index (χ3v) is 2.57. The van der Waals surface area contributed by atoms with Gasteiger partial charge in [0.05, 0.1) is 6.54 Å². The fourth-order valence-corrected chi connectivity index (χ4v) is 1.77. The third kappa shape index (κ3) is 6.53. The molecule has 1 aromatic carbocycles. The molecule has 118 valence electrons. The van der Waals surface area contributed by atoms with Crippen molar-refractivity contribution in [1.82, 2.24) is 5.32 Å². The number of rotatable bonds is 6. The number of halogens is 2. The van der Waals surface area contributed by atoms with Crippen LogP contribution in [0.3, 0.4) is 0 Å². The fourth-order valence-electron chi connectivity index (χ4n) is 1.77. The number of hydrogen-bond acceptors (Lipinski definition) is 4. The normalized spacial score (nSPS) is 13.1. The molecule has 0 saturated carbocycles. The minimum Gasteiger partial charge on any atom is -0.459 e. The summed E-state index contributed by atoms with van der Waals surface area (Å²) in [5.74, 6) is -0.307. The Hall–Kier alpha value is -1.69. The van der Waals surface area contributed by atoms with Gasteiger partial charge in [0.25, 0.3) is 0 Å². The lowest BCUT2D eigenvalue weighted by Crippen LogP contribution is -2.32. The molecular weight excluding hydrogens is 280 g/mol. The second-order valence-corrected chi connectivity index (χ2v) is 5.61. The van der Waals surface area contributed by atoms with Crippen LogP contribution in [0.4, 0.5) is 8.78 Å². The molecule has 1 unspecified atom stereocenters. The van der Waals surface area contributed by atoms with E-state index in [1.54, 1.807) is 45.9 Å². The molecule has 0 aliphatic heterocycles. The number of nitrogens with one attached hydrogen (secondary N) is 1. The number of ether oxygens (including phenoxy) is 2. The molecule has 21 heavy (non-hydrogen) atoms. The van der Waals surface area contributed by atoms with Crippen LogP contribution in [0.1, 0.15) is 39.3 Å². The first kappa shape index (κ1) is 17.4. The Labute approximate surface area is 123 Å². The number of carbonyl (C=O) groups is 1. The van der Waals surface area contributed by atoms with Gasteiger partial charge in [-0.15, -0.1) is 0 Å². The smallest absolute Gasteiger partial charge is 0.387 e. The van der Waals surface area contributed by atoms with E-state index in [1.165, 1.54) is 6.07 Å². The highest BCUT2D eigenvalue weighted by Gasteiger charge is 2.18. The van der Waals surface area contributed by atoms with E-state index >= 15 is 0 Å². The molecule has 6 heteroatoms. The SMILES string of the molecule is CC(NCC(=O)OC(C)(C)C)c1ccccc1OC(F)F. The van der Waals surface area contributed by atoms with E-state index in [0.29, 0.717) is 5.56 Å². The summed E-state index contributed by atoms with van der Waals surface area (Å²) < 4.78 is 34.3. The van der Waals surface area contributed by atoms with Gasteiger partial charge in [-0.3, -0.25) is 4.79 Å². The van der Waals surface area contributed by atoms with Crippen LogP contribution in [0.2, 0.25) is 0 Å². The summed E-state index contributed by atoms with van der Waals surface area (Å²) in [7, 11) is 0. The van der Waals surface area contributed by atoms with Crippen molar-refractivity contribution < 1.29 is 23.0 Å². The van der Waals surface area contributed by atoms with Gasteiger partial charge in [-0.25, -0.2) is 0 Å². The molecule has 0 saturated heterocycles. The van der Waals surface area contributed by atoms with Crippen LogP contribution in [0, 0.1) is 0 Å². The summed E-state index contributed by atoms with van der Waals surface area (Å²) in [6, 6.07) is 6.14. The van der Waals surface area contributed by atoms with E-state index in [4.69, 9.17) is 4.74 Å². The maximum absolute atomic E-state index is 12.3. The van der Waals surface area contributed by atoms with Gasteiger partial charge < -0.3 is 14.8 Å². The molecule has 0 bridgehead atoms. The van der Waals surface area contributed by atoms with Crippen molar-refractivity contribution >= 4 is 5.97 Å². The molecular formula is C15H21F2NO3. The number of esters is 1. The molecule has 0 heterocycles. The van der Waals surface area contributed by atoms with Gasteiger partial charge in [-0.1, -0.05) is 18.2 Å². The average Bonchev–Trinajstić information content (AvgIpc) is 2.34. The number of benzene rings is 1. The van der Waals surface area contributed by atoms with Crippen molar-refractivity contribution in [2.45, 2.75) is 45.9 Å². The van der Waals surface area contributed by atoms with E-state index in [2.05, 4.69) is 10.1 Å². The molecule has 0 radical (unpaired) electrons. The first-order valence-electron chi connectivity index (χ1n) is 6.68. The maximum atomic E-state index is 12.3. The Morgan fingerprint density at radius 3 is 2.48 bits per heavy atom. The lowest BCUT2D eigenvalue weighted by atomic mass is 10.1. The lowest BCUT2D eigenvalue weighted by molar-refractivity contribution is -0.153. The van der Waals surface area contributed by atoms with Gasteiger partial charge in [-0.05, 0) is 33.8 Å². The Bertz CT molecular complexity index is 472. The number of alkyl halides is 2. The molecule has 1 N–H and O–H groups in total. The second-order valence-electron chi connectivity index (χ2n) is 5.61. The van der Waals surface area contributed by atoms with Gasteiger partial charge >= 0.3 is 12.6 Å². The van der Waals surface area contributed by atoms with Crippen molar-refractivity contribution in [2.75, 3.05) is 6.54 Å². The van der Waals surface area contributed by atoms with E-state index in [9.17, 15) is 13.6 Å². The highest BCUT2D eigenvalue weighted by atomic mass is 19.3. The minimum absolute atomic E-state index is 0.0125. The standard InChI is InChI=1S/C15H21F2NO3/c1-10(18-9-13(19)21-15(2,3)4)11-7-5-6-8-12(11)20-14(16)17/h5-8,10,14,18H,9H2,1-4H3. The average molecular weight is 301 g/mol. The zero-order valence-corrected chi connectivity index (χ0v) is 12.7. The molecule has 1 atom stereocenters. The number of para-hydroxylation sites is 1. The van der Waals surface area contributed by atoms with E-state index in [0.717, 1.165) is 0 Å². The van der Waals surface area contributed by atoms with Crippen molar-refractivity contribution in [1.29, 1.82) is 0 Å². The lowest BCUT2D eigenvalue weighted by Gasteiger charge is -2.21. The molecule has 1 rings (SSSR count). The highest BCUT2D eigenvalue weighted by molar-refractivity contribution is 5.72. The summed E-state index contributed by atoms with van der Waals surface area (Å²) in [5, 5.41) is 2.94. The Balaban J connectivity index is 2.63. The fraction of sp³-hybridized carbons (Fsp3) is 0.533. The molecule has 1 aromatic rings. The van der Waals surface area contributed by atoms with Crippen LogP contribution >= 0.6 is 0 Å². The van der Waals surface area contributed by atoms with Gasteiger partial charge in [0.1, 0.15) is 11.4 Å². The van der Waals surface area contributed by atoms with Crippen LogP contribution in [-0.2, 0) is 9.53 Å². The van der Waals surface area contributed by atoms with E-state index < -0.39 is 18.2 Å². The van der Waals surface area contributed by atoms with E-state index in [-0.39, 0.29) is 18.3 Å². The van der Waals surface area contributed by atoms with Crippen molar-refractivity contribution in [3.05, 3.63) is 29.8 Å². The first-order chi connectivity index (χ1) is 9.69. The van der Waals surface area contributed by atoms with Crippen molar-refractivity contribution in [2.24, 2.45) is 0 Å².